The van der Waals surface area contributed by atoms with E-state index in [1.807, 2.05) is 70.2 Å². The molecule has 3 rings (SSSR count). The Balaban J connectivity index is 1.86. The molecule has 0 spiro atoms. The lowest BCUT2D eigenvalue weighted by atomic mass is 10.0. The molecule has 1 heterocycles. The highest BCUT2D eigenvalue weighted by Crippen LogP contribution is 2.24. The lowest BCUT2D eigenvalue weighted by Gasteiger charge is -2.25. The topological polar surface area (TPSA) is 166 Å². The van der Waals surface area contributed by atoms with Crippen molar-refractivity contribution >= 4 is 66.6 Å². The largest absolute Gasteiger partial charge is 0.355 e. The van der Waals surface area contributed by atoms with Crippen LogP contribution in [0.5, 0.6) is 0 Å². The molecule has 15 heteroatoms. The molecule has 12 nitrogen and oxygen atoms in total. The third kappa shape index (κ3) is 11.9. The molecule has 0 aliphatic rings. The van der Waals surface area contributed by atoms with Crippen LogP contribution < -0.4 is 30.9 Å². The summed E-state index contributed by atoms with van der Waals surface area (Å²) in [6, 6.07) is 15.2. The monoisotopic (exact) mass is 790 g/mol. The molecule has 0 saturated heterocycles. The summed E-state index contributed by atoms with van der Waals surface area (Å²) in [6.07, 6.45) is 1.45. The van der Waals surface area contributed by atoms with Gasteiger partial charge in [0.1, 0.15) is 6.04 Å². The van der Waals surface area contributed by atoms with Crippen LogP contribution in [0.15, 0.2) is 64.5 Å². The molecule has 0 aliphatic heterocycles. The Kier molecular flexibility index (Phi) is 15.0. The number of carbonyl (C=O) groups excluding carboxylic acids is 4. The minimum Gasteiger partial charge on any atom is -0.355 e. The fourth-order valence-electron chi connectivity index (χ4n) is 5.01. The Hall–Kier alpha value is -3.79. The minimum atomic E-state index is -3.72. The number of halogens is 1. The van der Waals surface area contributed by atoms with Crippen molar-refractivity contribution in [3.05, 3.63) is 86.0 Å². The van der Waals surface area contributed by atoms with Crippen molar-refractivity contribution in [1.82, 2.24) is 26.6 Å². The van der Waals surface area contributed by atoms with Crippen LogP contribution in [0.3, 0.4) is 0 Å². The Bertz CT molecular complexity index is 1750. The number of hydrogen-bond acceptors (Lipinski definition) is 8. The first-order valence-electron chi connectivity index (χ1n) is 16.3. The molecular formula is C35H47BrN6O6S2. The van der Waals surface area contributed by atoms with Crippen molar-refractivity contribution in [1.29, 1.82) is 0 Å². The number of carbonyl (C=O) groups is 4. The molecule has 272 valence electrons. The number of nitrogens with zero attached hydrogens (tertiary/aromatic N) is 1. The summed E-state index contributed by atoms with van der Waals surface area (Å²) in [6.45, 7) is 9.65. The Morgan fingerprint density at radius 2 is 1.48 bits per heavy atom. The molecule has 4 atom stereocenters. The van der Waals surface area contributed by atoms with E-state index in [1.54, 1.807) is 6.92 Å². The maximum atomic E-state index is 13.9. The van der Waals surface area contributed by atoms with E-state index in [1.165, 1.54) is 36.6 Å². The number of anilines is 1. The van der Waals surface area contributed by atoms with Gasteiger partial charge in [0.05, 0.1) is 27.8 Å². The predicted molar refractivity (Wildman–Crippen MR) is 202 cm³/mol. The molecule has 3 aromatic rings. The van der Waals surface area contributed by atoms with Crippen molar-refractivity contribution in [3.63, 3.8) is 0 Å². The Morgan fingerprint density at radius 3 is 2.02 bits per heavy atom. The van der Waals surface area contributed by atoms with Crippen LogP contribution >= 0.6 is 27.3 Å². The first-order chi connectivity index (χ1) is 23.5. The van der Waals surface area contributed by atoms with Crippen LogP contribution in [0.2, 0.25) is 0 Å². The molecule has 0 fully saturated rings. The standard InChI is InChI=1S/C35H47BrN6O6S2/c1-8-37-35(46)31(21(2)3)41-32(43)23(5)38-20-27(19-29-14-15-30(36)49-29)40-34(45)26-16-25(17-28(18-26)42(6)50(7,47)48)33(44)39-22(4)24-12-10-9-11-13-24/h9-18,21-23,27,31,38H,8,19-20H2,1-7H3,(H,37,46)(H,39,44)(H,40,45)(H,41,43)/t22-,23+,27+,31+/m1/s1. The van der Waals surface area contributed by atoms with E-state index >= 15 is 0 Å². The molecule has 2 aromatic carbocycles. The van der Waals surface area contributed by atoms with Crippen molar-refractivity contribution in [2.45, 2.75) is 65.2 Å². The van der Waals surface area contributed by atoms with E-state index < -0.39 is 40.0 Å². The quantitative estimate of drug-likeness (QED) is 0.138. The maximum absolute atomic E-state index is 13.9. The van der Waals surface area contributed by atoms with Crippen molar-refractivity contribution in [2.24, 2.45) is 5.92 Å². The van der Waals surface area contributed by atoms with Gasteiger partial charge in [-0.25, -0.2) is 8.42 Å². The van der Waals surface area contributed by atoms with E-state index in [2.05, 4.69) is 42.5 Å². The normalized spacial score (nSPS) is 13.9. The molecule has 0 bridgehead atoms. The fraction of sp³-hybridized carbons (Fsp3) is 0.429. The number of nitrogens with one attached hydrogen (secondary N) is 5. The van der Waals surface area contributed by atoms with Crippen LogP contribution in [0.1, 0.15) is 71.8 Å². The van der Waals surface area contributed by atoms with Crippen LogP contribution in [-0.4, -0.2) is 76.6 Å². The lowest BCUT2D eigenvalue weighted by molar-refractivity contribution is -0.130. The summed E-state index contributed by atoms with van der Waals surface area (Å²) >= 11 is 4.98. The Morgan fingerprint density at radius 1 is 0.860 bits per heavy atom. The van der Waals surface area contributed by atoms with Crippen LogP contribution in [0.4, 0.5) is 5.69 Å². The average molecular weight is 792 g/mol. The van der Waals surface area contributed by atoms with Gasteiger partial charge in [-0.3, -0.25) is 23.5 Å². The highest BCUT2D eigenvalue weighted by atomic mass is 79.9. The molecule has 5 N–H and O–H groups in total. The van der Waals surface area contributed by atoms with Crippen LogP contribution in [0, 0.1) is 5.92 Å². The fourth-order valence-corrected chi connectivity index (χ4v) is 7.06. The van der Waals surface area contributed by atoms with E-state index in [9.17, 15) is 27.6 Å². The second-order valence-electron chi connectivity index (χ2n) is 12.4. The van der Waals surface area contributed by atoms with E-state index in [-0.39, 0.29) is 47.1 Å². The third-order valence-corrected chi connectivity index (χ3v) is 10.9. The van der Waals surface area contributed by atoms with Gasteiger partial charge in [-0.2, -0.15) is 0 Å². The predicted octanol–water partition coefficient (Wildman–Crippen LogP) is 3.99. The second kappa shape index (κ2) is 18.4. The maximum Gasteiger partial charge on any atom is 0.251 e. The van der Waals surface area contributed by atoms with Gasteiger partial charge in [-0.1, -0.05) is 44.2 Å². The third-order valence-electron chi connectivity index (χ3n) is 8.02. The molecule has 0 aliphatic carbocycles. The van der Waals surface area contributed by atoms with Gasteiger partial charge in [0, 0.05) is 48.6 Å². The van der Waals surface area contributed by atoms with Gasteiger partial charge < -0.3 is 26.6 Å². The number of hydrogen-bond donors (Lipinski definition) is 5. The van der Waals surface area contributed by atoms with Gasteiger partial charge in [0.2, 0.25) is 21.8 Å². The molecule has 4 amide bonds. The van der Waals surface area contributed by atoms with Crippen molar-refractivity contribution < 1.29 is 27.6 Å². The minimum absolute atomic E-state index is 0.0837. The zero-order valence-electron chi connectivity index (χ0n) is 29.4. The van der Waals surface area contributed by atoms with E-state index in [4.69, 9.17) is 0 Å². The highest BCUT2D eigenvalue weighted by Gasteiger charge is 2.27. The zero-order valence-corrected chi connectivity index (χ0v) is 32.6. The van der Waals surface area contributed by atoms with Crippen molar-refractivity contribution in [3.8, 4) is 0 Å². The van der Waals surface area contributed by atoms with Gasteiger partial charge in [-0.05, 0) is 78.5 Å². The zero-order chi connectivity index (χ0) is 37.2. The first-order valence-corrected chi connectivity index (χ1v) is 19.8. The summed E-state index contributed by atoms with van der Waals surface area (Å²) in [7, 11) is -2.37. The first kappa shape index (κ1) is 40.6. The second-order valence-corrected chi connectivity index (χ2v) is 17.0. The number of benzene rings is 2. The molecule has 1 aromatic heterocycles. The van der Waals surface area contributed by atoms with Gasteiger partial charge in [0.25, 0.3) is 11.8 Å². The smallest absolute Gasteiger partial charge is 0.251 e. The molecular weight excluding hydrogens is 744 g/mol. The van der Waals surface area contributed by atoms with E-state index in [0.717, 1.165) is 24.8 Å². The van der Waals surface area contributed by atoms with Gasteiger partial charge in [0.15, 0.2) is 0 Å². The number of amides is 4. The van der Waals surface area contributed by atoms with Gasteiger partial charge in [-0.15, -0.1) is 11.3 Å². The number of likely N-dealkylation sites (N-methyl/N-ethyl adjacent to an activating group) is 1. The molecule has 0 saturated carbocycles. The van der Waals surface area contributed by atoms with Crippen molar-refractivity contribution in [2.75, 3.05) is 30.7 Å². The number of sulfonamides is 1. The summed E-state index contributed by atoms with van der Waals surface area (Å²) in [5.41, 5.74) is 1.22. The van der Waals surface area contributed by atoms with E-state index in [0.29, 0.717) is 13.0 Å². The summed E-state index contributed by atoms with van der Waals surface area (Å²) in [5, 5.41) is 14.7. The number of thiophene rings is 1. The van der Waals surface area contributed by atoms with Gasteiger partial charge >= 0.3 is 0 Å². The summed E-state index contributed by atoms with van der Waals surface area (Å²) < 4.78 is 26.9. The SMILES string of the molecule is CCNC(=O)[C@@H](NC(=O)[C@H](C)NC[C@H](Cc1ccc(Br)s1)NC(=O)c1cc(C(=O)N[C@H](C)c2ccccc2)cc(N(C)S(C)(=O)=O)c1)C(C)C. The molecule has 0 unspecified atom stereocenters. The lowest BCUT2D eigenvalue weighted by Crippen LogP contribution is -2.55. The summed E-state index contributed by atoms with van der Waals surface area (Å²) in [5.74, 6) is -1.77. The number of rotatable bonds is 17. The molecule has 50 heavy (non-hydrogen) atoms. The Labute approximate surface area is 307 Å². The molecule has 0 radical (unpaired) electrons. The average Bonchev–Trinajstić information content (AvgIpc) is 3.48. The highest BCUT2D eigenvalue weighted by molar-refractivity contribution is 9.11. The van der Waals surface area contributed by atoms with Crippen LogP contribution in [0.25, 0.3) is 0 Å². The van der Waals surface area contributed by atoms with Crippen LogP contribution in [-0.2, 0) is 26.0 Å². The summed E-state index contributed by atoms with van der Waals surface area (Å²) in [4.78, 5) is 53.9.